The summed E-state index contributed by atoms with van der Waals surface area (Å²) in [4.78, 5) is 12.8. The van der Waals surface area contributed by atoms with Crippen LogP contribution in [0, 0.1) is 5.82 Å². The molecule has 0 radical (unpaired) electrons. The maximum absolute atomic E-state index is 14.2. The van der Waals surface area contributed by atoms with Gasteiger partial charge >= 0.3 is 0 Å². The lowest BCUT2D eigenvalue weighted by atomic mass is 10.1. The summed E-state index contributed by atoms with van der Waals surface area (Å²) >= 11 is 5.90. The van der Waals surface area contributed by atoms with Gasteiger partial charge in [0.2, 0.25) is 0 Å². The van der Waals surface area contributed by atoms with Gasteiger partial charge in [-0.2, -0.15) is 13.5 Å². The number of ether oxygens (including phenoxy) is 1. The monoisotopic (exact) mass is 480 g/mol. The molecule has 32 heavy (non-hydrogen) atoms. The average Bonchev–Trinajstić information content (AvgIpc) is 2.74. The van der Waals surface area contributed by atoms with Crippen molar-refractivity contribution in [2.24, 2.45) is 0 Å². The molecular weight excluding hydrogens is 459 g/mol. The van der Waals surface area contributed by atoms with Crippen molar-refractivity contribution in [3.63, 3.8) is 0 Å². The van der Waals surface area contributed by atoms with Crippen molar-refractivity contribution < 1.29 is 21.7 Å². The molecule has 7 nitrogen and oxygen atoms in total. The molecule has 0 unspecified atom stereocenters. The molecule has 3 aromatic rings. The molecule has 2 aromatic carbocycles. The molecule has 10 heteroatoms. The Kier molecular flexibility index (Phi) is 7.65. The van der Waals surface area contributed by atoms with E-state index in [9.17, 15) is 17.6 Å². The van der Waals surface area contributed by atoms with Crippen LogP contribution in [-0.2, 0) is 33.9 Å². The van der Waals surface area contributed by atoms with Crippen molar-refractivity contribution in [3.8, 4) is 17.0 Å². The van der Waals surface area contributed by atoms with Crippen molar-refractivity contribution in [2.45, 2.75) is 26.0 Å². The second-order valence-corrected chi connectivity index (χ2v) is 9.21. The van der Waals surface area contributed by atoms with E-state index >= 15 is 0 Å². The van der Waals surface area contributed by atoms with Crippen LogP contribution in [0.1, 0.15) is 17.5 Å². The number of aromatic nitrogens is 2. The van der Waals surface area contributed by atoms with Crippen molar-refractivity contribution in [1.29, 1.82) is 0 Å². The molecule has 0 amide bonds. The summed E-state index contributed by atoms with van der Waals surface area (Å²) in [7, 11) is -2.40. The number of hydrogen-bond donors (Lipinski definition) is 0. The smallest absolute Gasteiger partial charge is 0.272 e. The molecule has 0 aliphatic carbocycles. The molecule has 0 N–H and O–H groups in total. The minimum Gasteiger partial charge on any atom is -0.494 e. The minimum absolute atomic E-state index is 0.0747. The number of aryl methyl sites for hydroxylation is 2. The SMILES string of the molecule is COc1ccc(-c2cc(COS(C)(=O)=O)c(=O)n(CCCc3ccc(Cl)cc3)n2)cc1F. The highest BCUT2D eigenvalue weighted by Gasteiger charge is 2.14. The van der Waals surface area contributed by atoms with Crippen LogP contribution in [0.2, 0.25) is 5.02 Å². The Hall–Kier alpha value is -2.75. The summed E-state index contributed by atoms with van der Waals surface area (Å²) in [6.45, 7) is -0.164. The molecule has 0 bridgehead atoms. The van der Waals surface area contributed by atoms with Crippen molar-refractivity contribution in [2.75, 3.05) is 13.4 Å². The lowest BCUT2D eigenvalue weighted by Crippen LogP contribution is -2.28. The first-order valence-corrected chi connectivity index (χ1v) is 11.9. The molecule has 0 saturated carbocycles. The Labute approximate surface area is 190 Å². The number of rotatable bonds is 9. The van der Waals surface area contributed by atoms with Gasteiger partial charge < -0.3 is 4.74 Å². The minimum atomic E-state index is -3.76. The fourth-order valence-electron chi connectivity index (χ4n) is 3.07. The van der Waals surface area contributed by atoms with Gasteiger partial charge in [-0.05, 0) is 54.8 Å². The van der Waals surface area contributed by atoms with Crippen LogP contribution in [-0.4, -0.2) is 31.6 Å². The van der Waals surface area contributed by atoms with Crippen LogP contribution < -0.4 is 10.3 Å². The largest absolute Gasteiger partial charge is 0.494 e. The van der Waals surface area contributed by atoms with Gasteiger partial charge in [0.15, 0.2) is 11.6 Å². The molecule has 3 rings (SSSR count). The predicted molar refractivity (Wildman–Crippen MR) is 120 cm³/mol. The zero-order valence-corrected chi connectivity index (χ0v) is 19.1. The van der Waals surface area contributed by atoms with E-state index in [-0.39, 0.29) is 17.9 Å². The Morgan fingerprint density at radius 2 is 1.84 bits per heavy atom. The highest BCUT2D eigenvalue weighted by atomic mass is 35.5. The molecule has 0 atom stereocenters. The summed E-state index contributed by atoms with van der Waals surface area (Å²) in [6, 6.07) is 13.1. The number of methoxy groups -OCH3 is 1. The molecular formula is C22H22ClFN2O5S. The highest BCUT2D eigenvalue weighted by Crippen LogP contribution is 2.24. The van der Waals surface area contributed by atoms with E-state index in [0.29, 0.717) is 29.1 Å². The zero-order valence-electron chi connectivity index (χ0n) is 17.5. The first-order chi connectivity index (χ1) is 15.2. The number of nitrogens with zero attached hydrogens (tertiary/aromatic N) is 2. The third kappa shape index (κ3) is 6.38. The predicted octanol–water partition coefficient (Wildman–Crippen LogP) is 3.82. The van der Waals surface area contributed by atoms with Gasteiger partial charge in [0.25, 0.3) is 15.7 Å². The van der Waals surface area contributed by atoms with Crippen LogP contribution in [0.15, 0.2) is 53.3 Å². The van der Waals surface area contributed by atoms with Crippen LogP contribution in [0.4, 0.5) is 4.39 Å². The second kappa shape index (κ2) is 10.2. The molecule has 170 valence electrons. The zero-order chi connectivity index (χ0) is 23.3. The highest BCUT2D eigenvalue weighted by molar-refractivity contribution is 7.85. The number of hydrogen-bond acceptors (Lipinski definition) is 6. The van der Waals surface area contributed by atoms with E-state index in [1.807, 2.05) is 12.1 Å². The van der Waals surface area contributed by atoms with Crippen LogP contribution in [0.3, 0.4) is 0 Å². The first kappa shape index (κ1) is 23.9. The fourth-order valence-corrected chi connectivity index (χ4v) is 3.54. The quantitative estimate of drug-likeness (QED) is 0.433. The van der Waals surface area contributed by atoms with Crippen molar-refractivity contribution in [3.05, 3.63) is 80.9 Å². The normalized spacial score (nSPS) is 11.5. The number of halogens is 2. The van der Waals surface area contributed by atoms with E-state index in [4.69, 9.17) is 20.5 Å². The van der Waals surface area contributed by atoms with Gasteiger partial charge in [0.1, 0.15) is 0 Å². The Balaban J connectivity index is 1.91. The van der Waals surface area contributed by atoms with Gasteiger partial charge in [0, 0.05) is 22.7 Å². The van der Waals surface area contributed by atoms with E-state index in [2.05, 4.69) is 5.10 Å². The van der Waals surface area contributed by atoms with Crippen molar-refractivity contribution >= 4 is 21.7 Å². The van der Waals surface area contributed by atoms with Gasteiger partial charge in [-0.25, -0.2) is 9.07 Å². The van der Waals surface area contributed by atoms with Gasteiger partial charge in [0.05, 0.1) is 25.7 Å². The summed E-state index contributed by atoms with van der Waals surface area (Å²) in [5, 5.41) is 5.00. The maximum Gasteiger partial charge on any atom is 0.272 e. The summed E-state index contributed by atoms with van der Waals surface area (Å²) in [5.41, 5.74) is 1.40. The summed E-state index contributed by atoms with van der Waals surface area (Å²) in [5.74, 6) is -0.508. The van der Waals surface area contributed by atoms with Crippen LogP contribution in [0.5, 0.6) is 5.75 Å². The molecule has 0 aliphatic rings. The summed E-state index contributed by atoms with van der Waals surface area (Å²) in [6.07, 6.45) is 2.18. The van der Waals surface area contributed by atoms with E-state index in [1.54, 1.807) is 18.2 Å². The van der Waals surface area contributed by atoms with Crippen LogP contribution >= 0.6 is 11.6 Å². The van der Waals surface area contributed by atoms with E-state index in [1.165, 1.54) is 30.0 Å². The second-order valence-electron chi connectivity index (χ2n) is 7.13. The number of benzene rings is 2. The first-order valence-electron chi connectivity index (χ1n) is 9.70. The maximum atomic E-state index is 14.2. The van der Waals surface area contributed by atoms with Crippen molar-refractivity contribution in [1.82, 2.24) is 9.78 Å². The Bertz CT molecular complexity index is 1260. The molecule has 0 spiro atoms. The third-order valence-corrected chi connectivity index (χ3v) is 5.47. The Morgan fingerprint density at radius 3 is 2.47 bits per heavy atom. The molecule has 1 aromatic heterocycles. The average molecular weight is 481 g/mol. The van der Waals surface area contributed by atoms with Gasteiger partial charge in [-0.3, -0.25) is 8.98 Å². The fraction of sp³-hybridized carbons (Fsp3) is 0.273. The standard InChI is InChI=1S/C22H22ClFN2O5S/c1-30-21-10-7-16(12-19(21)24)20-13-17(14-31-32(2,28)29)22(27)26(25-20)11-3-4-15-5-8-18(23)9-6-15/h5-10,12-13H,3-4,11,14H2,1-2H3. The molecule has 0 fully saturated rings. The summed E-state index contributed by atoms with van der Waals surface area (Å²) < 4.78 is 48.0. The molecule has 1 heterocycles. The molecule has 0 saturated heterocycles. The molecule has 0 aliphatic heterocycles. The lowest BCUT2D eigenvalue weighted by Gasteiger charge is -2.12. The third-order valence-electron chi connectivity index (χ3n) is 4.67. The lowest BCUT2D eigenvalue weighted by molar-refractivity contribution is 0.308. The van der Waals surface area contributed by atoms with Gasteiger partial charge in [-0.15, -0.1) is 0 Å². The Morgan fingerprint density at radius 1 is 1.12 bits per heavy atom. The van der Waals surface area contributed by atoms with E-state index in [0.717, 1.165) is 11.8 Å². The topological polar surface area (TPSA) is 87.5 Å². The van der Waals surface area contributed by atoms with E-state index < -0.39 is 28.1 Å². The van der Waals surface area contributed by atoms with Crippen LogP contribution in [0.25, 0.3) is 11.3 Å². The van der Waals surface area contributed by atoms with Gasteiger partial charge in [-0.1, -0.05) is 23.7 Å².